The number of rotatable bonds is 5. The van der Waals surface area contributed by atoms with Crippen LogP contribution in [0.15, 0.2) is 54.6 Å². The quantitative estimate of drug-likeness (QED) is 0.625. The van der Waals surface area contributed by atoms with E-state index in [2.05, 4.69) is 27.3 Å². The number of carbonyl (C=O) groups is 2. The number of aryl methyl sites for hydroxylation is 1. The molecule has 1 fully saturated rings. The average molecular weight is 463 g/mol. The van der Waals surface area contributed by atoms with E-state index < -0.39 is 0 Å². The van der Waals surface area contributed by atoms with Crippen LogP contribution in [0, 0.1) is 0 Å². The van der Waals surface area contributed by atoms with Gasteiger partial charge in [0.05, 0.1) is 18.7 Å². The molecule has 0 bridgehead atoms. The van der Waals surface area contributed by atoms with E-state index in [0.717, 1.165) is 47.9 Å². The van der Waals surface area contributed by atoms with Crippen molar-refractivity contribution in [2.45, 2.75) is 18.8 Å². The van der Waals surface area contributed by atoms with E-state index in [-0.39, 0.29) is 17.7 Å². The van der Waals surface area contributed by atoms with Crippen molar-refractivity contribution in [3.63, 3.8) is 0 Å². The highest BCUT2D eigenvalue weighted by Gasteiger charge is 2.36. The second-order valence-corrected chi connectivity index (χ2v) is 9.33. The number of nitrogens with zero attached hydrogens (tertiary/aromatic N) is 3. The Morgan fingerprint density at radius 3 is 2.45 bits per heavy atom. The smallest absolute Gasteiger partial charge is 0.257 e. The Balaban J connectivity index is 1.21. The maximum absolute atomic E-state index is 13.3. The minimum atomic E-state index is -0.217. The first-order valence-electron chi connectivity index (χ1n) is 11.2. The van der Waals surface area contributed by atoms with E-state index in [1.54, 1.807) is 19.2 Å². The van der Waals surface area contributed by atoms with Gasteiger partial charge in [-0.3, -0.25) is 14.9 Å². The number of carbonyl (C=O) groups excluding carboxylic acids is 2. The number of amides is 2. The van der Waals surface area contributed by atoms with Gasteiger partial charge in [-0.1, -0.05) is 18.2 Å². The fraction of sp³-hybridized carbons (Fsp3) is 0.320. The molecule has 1 unspecified atom stereocenters. The molecule has 7 nitrogen and oxygen atoms in total. The molecule has 2 amide bonds. The van der Waals surface area contributed by atoms with Crippen molar-refractivity contribution in [3.05, 3.63) is 70.7 Å². The van der Waals surface area contributed by atoms with Crippen molar-refractivity contribution in [2.75, 3.05) is 43.5 Å². The lowest BCUT2D eigenvalue weighted by atomic mass is 10.1. The summed E-state index contributed by atoms with van der Waals surface area (Å²) in [5.41, 5.74) is 2.57. The van der Waals surface area contributed by atoms with Crippen LogP contribution in [0.1, 0.15) is 33.3 Å². The van der Waals surface area contributed by atoms with E-state index in [9.17, 15) is 9.59 Å². The highest BCUT2D eigenvalue weighted by atomic mass is 32.1. The Hall–Kier alpha value is -3.39. The first kappa shape index (κ1) is 21.5. The molecule has 1 N–H and O–H groups in total. The van der Waals surface area contributed by atoms with Crippen LogP contribution in [0.3, 0.4) is 0 Å². The molecular formula is C25H26N4O3S. The zero-order valence-electron chi connectivity index (χ0n) is 18.5. The number of nitrogens with one attached hydrogen (secondary N) is 1. The molecule has 2 heterocycles. The molecule has 1 aliphatic heterocycles. The van der Waals surface area contributed by atoms with Crippen LogP contribution >= 0.6 is 11.3 Å². The van der Waals surface area contributed by atoms with E-state index in [1.807, 2.05) is 35.2 Å². The van der Waals surface area contributed by atoms with Crippen LogP contribution in [0.2, 0.25) is 0 Å². The van der Waals surface area contributed by atoms with Gasteiger partial charge in [-0.15, -0.1) is 11.3 Å². The molecule has 0 spiro atoms. The minimum Gasteiger partial charge on any atom is -0.497 e. The third-order valence-corrected chi connectivity index (χ3v) is 7.35. The number of ether oxygens (including phenoxy) is 1. The molecular weight excluding hydrogens is 436 g/mol. The van der Waals surface area contributed by atoms with Crippen LogP contribution < -0.4 is 15.0 Å². The van der Waals surface area contributed by atoms with Gasteiger partial charge in [0.2, 0.25) is 5.91 Å². The Morgan fingerprint density at radius 2 is 1.76 bits per heavy atom. The summed E-state index contributed by atoms with van der Waals surface area (Å²) in [4.78, 5) is 35.8. The van der Waals surface area contributed by atoms with Crippen LogP contribution in [0.25, 0.3) is 0 Å². The summed E-state index contributed by atoms with van der Waals surface area (Å²) < 4.78 is 5.24. The van der Waals surface area contributed by atoms with Gasteiger partial charge < -0.3 is 14.5 Å². The Labute approximate surface area is 197 Å². The lowest BCUT2D eigenvalue weighted by Gasteiger charge is -2.37. The zero-order chi connectivity index (χ0) is 22.8. The molecule has 5 rings (SSSR count). The van der Waals surface area contributed by atoms with Gasteiger partial charge in [-0.25, -0.2) is 4.98 Å². The molecule has 3 aromatic rings. The van der Waals surface area contributed by atoms with Crippen LogP contribution in [0.5, 0.6) is 5.75 Å². The molecule has 33 heavy (non-hydrogen) atoms. The minimum absolute atomic E-state index is 0.148. The zero-order valence-corrected chi connectivity index (χ0v) is 19.3. The highest BCUT2D eigenvalue weighted by Crippen LogP contribution is 2.39. The Morgan fingerprint density at radius 1 is 1.03 bits per heavy atom. The number of hydrogen-bond acceptors (Lipinski definition) is 6. The lowest BCUT2D eigenvalue weighted by Crippen LogP contribution is -2.50. The number of thiazole rings is 1. The molecule has 1 aromatic heterocycles. The number of piperazine rings is 1. The second kappa shape index (κ2) is 9.23. The second-order valence-electron chi connectivity index (χ2n) is 8.25. The molecule has 0 saturated carbocycles. The summed E-state index contributed by atoms with van der Waals surface area (Å²) in [6.07, 6.45) is 1.62. The molecule has 2 aromatic carbocycles. The standard InChI is InChI=1S/C25H26N4O3S/c1-32-19-9-7-18(8-10-19)28-13-15-29(16-14-28)24(31)20-11-12-21-22(20)26-25(33-21)27-23(30)17-5-3-2-4-6-17/h2-10,20H,11-16H2,1H3,(H,26,27,30). The summed E-state index contributed by atoms with van der Waals surface area (Å²) in [6.45, 7) is 2.98. The number of anilines is 2. The van der Waals surface area contributed by atoms with Gasteiger partial charge in [0.1, 0.15) is 5.75 Å². The maximum atomic E-state index is 13.3. The number of fused-ring (bicyclic) bond motifs is 1. The van der Waals surface area contributed by atoms with Crippen molar-refractivity contribution in [3.8, 4) is 5.75 Å². The van der Waals surface area contributed by atoms with E-state index in [1.165, 1.54) is 11.3 Å². The van der Waals surface area contributed by atoms with E-state index in [0.29, 0.717) is 23.8 Å². The molecule has 170 valence electrons. The third kappa shape index (κ3) is 4.43. The largest absolute Gasteiger partial charge is 0.497 e. The summed E-state index contributed by atoms with van der Waals surface area (Å²) in [7, 11) is 1.66. The predicted octanol–water partition coefficient (Wildman–Crippen LogP) is 3.78. The number of benzene rings is 2. The molecule has 1 saturated heterocycles. The van der Waals surface area contributed by atoms with Crippen LogP contribution in [-0.4, -0.2) is 55.0 Å². The Kier molecular flexibility index (Phi) is 6.00. The normalized spacial score (nSPS) is 17.5. The van der Waals surface area contributed by atoms with Crippen LogP contribution in [0.4, 0.5) is 10.8 Å². The van der Waals surface area contributed by atoms with Gasteiger partial charge in [0.25, 0.3) is 5.91 Å². The van der Waals surface area contributed by atoms with E-state index >= 15 is 0 Å². The van der Waals surface area contributed by atoms with Crippen molar-refractivity contribution < 1.29 is 14.3 Å². The molecule has 0 radical (unpaired) electrons. The topological polar surface area (TPSA) is 74.8 Å². The Bertz CT molecular complexity index is 1140. The molecule has 8 heteroatoms. The van der Waals surface area contributed by atoms with Crippen molar-refractivity contribution in [2.24, 2.45) is 0 Å². The maximum Gasteiger partial charge on any atom is 0.257 e. The van der Waals surface area contributed by atoms with E-state index in [4.69, 9.17) is 4.74 Å². The summed E-state index contributed by atoms with van der Waals surface area (Å²) in [5.74, 6) is 0.591. The first-order valence-corrected chi connectivity index (χ1v) is 12.0. The fourth-order valence-electron chi connectivity index (χ4n) is 4.48. The average Bonchev–Trinajstić information content (AvgIpc) is 3.44. The molecule has 2 aliphatic rings. The van der Waals surface area contributed by atoms with Crippen molar-refractivity contribution in [1.82, 2.24) is 9.88 Å². The SMILES string of the molecule is COc1ccc(N2CCN(C(=O)C3CCc4sc(NC(=O)c5ccccc5)nc43)CC2)cc1. The summed E-state index contributed by atoms with van der Waals surface area (Å²) in [6, 6.07) is 17.1. The predicted molar refractivity (Wildman–Crippen MR) is 129 cm³/mol. The molecule has 1 atom stereocenters. The lowest BCUT2D eigenvalue weighted by molar-refractivity contribution is -0.133. The van der Waals surface area contributed by atoms with Gasteiger partial charge in [0.15, 0.2) is 5.13 Å². The van der Waals surface area contributed by atoms with Crippen molar-refractivity contribution >= 4 is 34.0 Å². The third-order valence-electron chi connectivity index (χ3n) is 6.30. The van der Waals surface area contributed by atoms with Gasteiger partial charge in [-0.05, 0) is 49.2 Å². The highest BCUT2D eigenvalue weighted by molar-refractivity contribution is 7.16. The van der Waals surface area contributed by atoms with Crippen LogP contribution in [-0.2, 0) is 11.2 Å². The van der Waals surface area contributed by atoms with Gasteiger partial charge >= 0.3 is 0 Å². The monoisotopic (exact) mass is 462 g/mol. The number of hydrogen-bond donors (Lipinski definition) is 1. The summed E-state index contributed by atoms with van der Waals surface area (Å²) in [5, 5.41) is 3.45. The van der Waals surface area contributed by atoms with Crippen molar-refractivity contribution in [1.29, 1.82) is 0 Å². The first-order chi connectivity index (χ1) is 16.1. The molecule has 1 aliphatic carbocycles. The number of aromatic nitrogens is 1. The van der Waals surface area contributed by atoms with Gasteiger partial charge in [0, 0.05) is 42.3 Å². The summed E-state index contributed by atoms with van der Waals surface area (Å²) >= 11 is 1.48. The fourth-order valence-corrected chi connectivity index (χ4v) is 5.51. The van der Waals surface area contributed by atoms with Gasteiger partial charge in [-0.2, -0.15) is 0 Å². The number of methoxy groups -OCH3 is 1.